The predicted octanol–water partition coefficient (Wildman–Crippen LogP) is 3.32. The van der Waals surface area contributed by atoms with Crippen LogP contribution < -0.4 is 10.5 Å². The minimum atomic E-state index is -0.334. The minimum absolute atomic E-state index is 0.0477. The van der Waals surface area contributed by atoms with Crippen LogP contribution in [0.25, 0.3) is 11.3 Å². The number of hydrogen-bond donors (Lipinski definition) is 0. The molecule has 2 aromatic carbocycles. The van der Waals surface area contributed by atoms with Crippen LogP contribution >= 0.6 is 0 Å². The molecule has 0 spiro atoms. The van der Waals surface area contributed by atoms with Gasteiger partial charge in [-0.1, -0.05) is 0 Å². The lowest BCUT2D eigenvalue weighted by Crippen LogP contribution is -2.48. The summed E-state index contributed by atoms with van der Waals surface area (Å²) < 4.78 is 27.6. The van der Waals surface area contributed by atoms with Crippen LogP contribution in [0.3, 0.4) is 0 Å². The van der Waals surface area contributed by atoms with Gasteiger partial charge < -0.3 is 9.80 Å². The van der Waals surface area contributed by atoms with Gasteiger partial charge in [-0.25, -0.2) is 13.5 Å². The van der Waals surface area contributed by atoms with Crippen LogP contribution in [0.15, 0.2) is 65.5 Å². The minimum Gasteiger partial charge on any atom is -0.368 e. The Bertz CT molecular complexity index is 1120. The van der Waals surface area contributed by atoms with E-state index in [0.717, 1.165) is 11.3 Å². The molecule has 0 bridgehead atoms. The molecule has 6 nitrogen and oxygen atoms in total. The first-order chi connectivity index (χ1) is 15.5. The van der Waals surface area contributed by atoms with Crippen molar-refractivity contribution in [1.29, 1.82) is 0 Å². The number of carbonyl (C=O) groups is 1. The summed E-state index contributed by atoms with van der Waals surface area (Å²) >= 11 is 0. The first-order valence-electron chi connectivity index (χ1n) is 10.6. The molecule has 166 valence electrons. The van der Waals surface area contributed by atoms with Crippen molar-refractivity contribution in [2.75, 3.05) is 31.1 Å². The van der Waals surface area contributed by atoms with Crippen LogP contribution in [0, 0.1) is 11.6 Å². The van der Waals surface area contributed by atoms with Gasteiger partial charge in [0.1, 0.15) is 11.6 Å². The van der Waals surface area contributed by atoms with Gasteiger partial charge in [0.25, 0.3) is 5.56 Å². The van der Waals surface area contributed by atoms with Crippen LogP contribution in [0.4, 0.5) is 14.5 Å². The first-order valence-corrected chi connectivity index (χ1v) is 10.6. The number of amides is 1. The summed E-state index contributed by atoms with van der Waals surface area (Å²) in [5.41, 5.74) is 2.00. The lowest BCUT2D eigenvalue weighted by molar-refractivity contribution is -0.131. The molecule has 1 aromatic heterocycles. The largest absolute Gasteiger partial charge is 0.368 e. The summed E-state index contributed by atoms with van der Waals surface area (Å²) in [5.74, 6) is -0.551. The van der Waals surface area contributed by atoms with Crippen molar-refractivity contribution in [3.8, 4) is 11.3 Å². The Kier molecular flexibility index (Phi) is 6.58. The quantitative estimate of drug-likeness (QED) is 0.593. The molecular formula is C24H24F2N4O2. The number of nitrogens with zero attached hydrogens (tertiary/aromatic N) is 4. The molecule has 0 unspecified atom stereocenters. The summed E-state index contributed by atoms with van der Waals surface area (Å²) in [6.45, 7) is 2.92. The molecule has 2 heterocycles. The number of rotatable bonds is 6. The van der Waals surface area contributed by atoms with Gasteiger partial charge in [-0.3, -0.25) is 9.59 Å². The van der Waals surface area contributed by atoms with Gasteiger partial charge in [0.2, 0.25) is 5.91 Å². The smallest absolute Gasteiger partial charge is 0.266 e. The van der Waals surface area contributed by atoms with Crippen molar-refractivity contribution in [2.45, 2.75) is 19.4 Å². The maximum absolute atomic E-state index is 13.1. The molecule has 0 aliphatic carbocycles. The lowest BCUT2D eigenvalue weighted by Gasteiger charge is -2.36. The van der Waals surface area contributed by atoms with Crippen LogP contribution in [0.2, 0.25) is 0 Å². The monoisotopic (exact) mass is 438 g/mol. The fourth-order valence-electron chi connectivity index (χ4n) is 3.79. The van der Waals surface area contributed by atoms with Crippen LogP contribution in [-0.4, -0.2) is 46.8 Å². The fourth-order valence-corrected chi connectivity index (χ4v) is 3.79. The molecular weight excluding hydrogens is 414 g/mol. The first kappa shape index (κ1) is 21.7. The van der Waals surface area contributed by atoms with E-state index in [1.54, 1.807) is 30.3 Å². The topological polar surface area (TPSA) is 58.4 Å². The van der Waals surface area contributed by atoms with E-state index in [1.165, 1.54) is 35.0 Å². The third-order valence-electron chi connectivity index (χ3n) is 5.59. The van der Waals surface area contributed by atoms with Crippen LogP contribution in [0.1, 0.15) is 12.8 Å². The highest BCUT2D eigenvalue weighted by Gasteiger charge is 2.21. The van der Waals surface area contributed by atoms with Crippen molar-refractivity contribution in [1.82, 2.24) is 14.7 Å². The molecule has 8 heteroatoms. The molecule has 0 atom stereocenters. The zero-order chi connectivity index (χ0) is 22.5. The number of piperazine rings is 1. The van der Waals surface area contributed by atoms with Gasteiger partial charge in [0, 0.05) is 56.5 Å². The molecule has 0 N–H and O–H groups in total. The van der Waals surface area contributed by atoms with E-state index in [0.29, 0.717) is 51.3 Å². The third kappa shape index (κ3) is 5.19. The van der Waals surface area contributed by atoms with E-state index in [2.05, 4.69) is 10.00 Å². The Morgan fingerprint density at radius 3 is 2.12 bits per heavy atom. The summed E-state index contributed by atoms with van der Waals surface area (Å²) in [4.78, 5) is 28.7. The van der Waals surface area contributed by atoms with Gasteiger partial charge in [-0.2, -0.15) is 5.10 Å². The van der Waals surface area contributed by atoms with Crippen molar-refractivity contribution in [3.05, 3.63) is 82.7 Å². The molecule has 3 aromatic rings. The second-order valence-corrected chi connectivity index (χ2v) is 7.73. The number of halogens is 2. The Morgan fingerprint density at radius 2 is 1.47 bits per heavy atom. The van der Waals surface area contributed by atoms with Crippen molar-refractivity contribution in [3.63, 3.8) is 0 Å². The fraction of sp³-hybridized carbons (Fsp3) is 0.292. The SMILES string of the molecule is O=C(CCCn1nc(-c2ccc(F)cc2)ccc1=O)N1CCN(c2ccc(F)cc2)CC1. The van der Waals surface area contributed by atoms with Gasteiger partial charge >= 0.3 is 0 Å². The second kappa shape index (κ2) is 9.72. The van der Waals surface area contributed by atoms with Crippen molar-refractivity contribution >= 4 is 11.6 Å². The summed E-state index contributed by atoms with van der Waals surface area (Å²) in [5, 5.41) is 4.35. The van der Waals surface area contributed by atoms with E-state index >= 15 is 0 Å². The molecule has 4 rings (SSSR count). The maximum atomic E-state index is 13.1. The Morgan fingerprint density at radius 1 is 0.844 bits per heavy atom. The third-order valence-corrected chi connectivity index (χ3v) is 5.59. The zero-order valence-corrected chi connectivity index (χ0v) is 17.6. The molecule has 1 fully saturated rings. The highest BCUT2D eigenvalue weighted by Crippen LogP contribution is 2.18. The van der Waals surface area contributed by atoms with E-state index < -0.39 is 0 Å². The zero-order valence-electron chi connectivity index (χ0n) is 17.6. The standard InChI is InChI=1S/C24H24F2N4O2/c25-19-5-3-18(4-6-19)22-11-12-24(32)30(27-22)13-1-2-23(31)29-16-14-28(15-17-29)21-9-7-20(26)8-10-21/h3-12H,1-2,13-17H2. The van der Waals surface area contributed by atoms with E-state index in [4.69, 9.17) is 0 Å². The molecule has 1 aliphatic heterocycles. The molecule has 1 aliphatic rings. The highest BCUT2D eigenvalue weighted by atomic mass is 19.1. The number of aryl methyl sites for hydroxylation is 1. The average molecular weight is 438 g/mol. The number of benzene rings is 2. The van der Waals surface area contributed by atoms with E-state index in [-0.39, 0.29) is 23.1 Å². The highest BCUT2D eigenvalue weighted by molar-refractivity contribution is 5.76. The molecule has 0 radical (unpaired) electrons. The normalized spacial score (nSPS) is 13.9. The van der Waals surface area contributed by atoms with E-state index in [9.17, 15) is 18.4 Å². The number of aromatic nitrogens is 2. The number of carbonyl (C=O) groups excluding carboxylic acids is 1. The number of hydrogen-bond acceptors (Lipinski definition) is 4. The summed E-state index contributed by atoms with van der Waals surface area (Å²) in [7, 11) is 0. The summed E-state index contributed by atoms with van der Waals surface area (Å²) in [6, 6.07) is 15.3. The van der Waals surface area contributed by atoms with Gasteiger partial charge in [0.05, 0.1) is 5.69 Å². The molecule has 1 saturated heterocycles. The Balaban J connectivity index is 1.29. The summed E-state index contributed by atoms with van der Waals surface area (Å²) in [6.07, 6.45) is 0.822. The van der Waals surface area contributed by atoms with E-state index in [1.807, 2.05) is 4.90 Å². The maximum Gasteiger partial charge on any atom is 0.266 e. The number of anilines is 1. The van der Waals surface area contributed by atoms with Crippen molar-refractivity contribution < 1.29 is 13.6 Å². The second-order valence-electron chi connectivity index (χ2n) is 7.73. The average Bonchev–Trinajstić information content (AvgIpc) is 2.81. The molecule has 1 amide bonds. The predicted molar refractivity (Wildman–Crippen MR) is 118 cm³/mol. The van der Waals surface area contributed by atoms with Crippen molar-refractivity contribution in [2.24, 2.45) is 0 Å². The van der Waals surface area contributed by atoms with Gasteiger partial charge in [-0.15, -0.1) is 0 Å². The molecule has 32 heavy (non-hydrogen) atoms. The van der Waals surface area contributed by atoms with Crippen LogP contribution in [0.5, 0.6) is 0 Å². The Hall–Kier alpha value is -3.55. The van der Waals surface area contributed by atoms with Gasteiger partial charge in [-0.05, 0) is 61.0 Å². The Labute approximate surface area is 184 Å². The molecule has 0 saturated carbocycles. The lowest BCUT2D eigenvalue weighted by atomic mass is 10.1. The van der Waals surface area contributed by atoms with Gasteiger partial charge in [0.15, 0.2) is 0 Å². The van der Waals surface area contributed by atoms with Crippen LogP contribution in [-0.2, 0) is 11.3 Å².